The molecule has 0 saturated heterocycles. The molecule has 1 rings (SSSR count). The lowest BCUT2D eigenvalue weighted by atomic mass is 10.2. The van der Waals surface area contributed by atoms with E-state index >= 15 is 0 Å². The Morgan fingerprint density at radius 1 is 1.41 bits per heavy atom. The first kappa shape index (κ1) is 13.7. The molecule has 1 N–H and O–H groups in total. The zero-order chi connectivity index (χ0) is 13.1. The van der Waals surface area contributed by atoms with Gasteiger partial charge >= 0.3 is 6.09 Å². The summed E-state index contributed by atoms with van der Waals surface area (Å²) in [5.74, 6) is 0. The van der Waals surface area contributed by atoms with Crippen molar-refractivity contribution in [2.45, 2.75) is 26.4 Å². The fourth-order valence-corrected chi connectivity index (χ4v) is 1.47. The lowest BCUT2D eigenvalue weighted by Gasteiger charge is -2.19. The van der Waals surface area contributed by atoms with Gasteiger partial charge in [0.2, 0.25) is 0 Å². The van der Waals surface area contributed by atoms with Crippen molar-refractivity contribution in [1.82, 2.24) is 0 Å². The number of carbonyl (C=O) groups is 2. The maximum absolute atomic E-state index is 11.5. The second-order valence-electron chi connectivity index (χ2n) is 4.48. The van der Waals surface area contributed by atoms with Crippen LogP contribution in [0.2, 0.25) is 0 Å². The van der Waals surface area contributed by atoms with E-state index in [2.05, 4.69) is 21.2 Å². The highest BCUT2D eigenvalue weighted by molar-refractivity contribution is 9.10. The van der Waals surface area contributed by atoms with Crippen LogP contribution >= 0.6 is 15.9 Å². The Bertz CT molecular complexity index is 438. The summed E-state index contributed by atoms with van der Waals surface area (Å²) in [6.07, 6.45) is 0.168. The summed E-state index contributed by atoms with van der Waals surface area (Å²) in [4.78, 5) is 22.2. The first-order chi connectivity index (χ1) is 7.81. The Hall–Kier alpha value is -1.36. The highest BCUT2D eigenvalue weighted by Crippen LogP contribution is 2.20. The fourth-order valence-electron chi connectivity index (χ4n) is 1.13. The molecule has 0 aromatic heterocycles. The van der Waals surface area contributed by atoms with Crippen LogP contribution < -0.4 is 5.32 Å². The van der Waals surface area contributed by atoms with E-state index in [4.69, 9.17) is 4.74 Å². The number of nitrogens with one attached hydrogen (secondary N) is 1. The number of carbonyl (C=O) groups excluding carboxylic acids is 2. The minimum Gasteiger partial charge on any atom is -0.444 e. The van der Waals surface area contributed by atoms with Crippen LogP contribution in [0.3, 0.4) is 0 Å². The van der Waals surface area contributed by atoms with Gasteiger partial charge in [0, 0.05) is 15.7 Å². The van der Waals surface area contributed by atoms with Crippen LogP contribution in [0.25, 0.3) is 0 Å². The number of amides is 1. The Morgan fingerprint density at radius 2 is 2.06 bits per heavy atom. The number of rotatable bonds is 2. The van der Waals surface area contributed by atoms with Gasteiger partial charge in [0.25, 0.3) is 0 Å². The van der Waals surface area contributed by atoms with Crippen molar-refractivity contribution in [3.05, 3.63) is 28.2 Å². The number of ether oxygens (including phenoxy) is 1. The van der Waals surface area contributed by atoms with Gasteiger partial charge in [0.1, 0.15) is 5.60 Å². The lowest BCUT2D eigenvalue weighted by molar-refractivity contribution is 0.0635. The third-order valence-electron chi connectivity index (χ3n) is 1.77. The molecule has 1 aromatic carbocycles. The molecule has 0 heterocycles. The smallest absolute Gasteiger partial charge is 0.412 e. The van der Waals surface area contributed by atoms with Crippen molar-refractivity contribution in [3.63, 3.8) is 0 Å². The van der Waals surface area contributed by atoms with Crippen LogP contribution in [-0.2, 0) is 4.74 Å². The third-order valence-corrected chi connectivity index (χ3v) is 2.49. The van der Waals surface area contributed by atoms with Gasteiger partial charge in [-0.25, -0.2) is 4.79 Å². The molecular weight excluding hydrogens is 286 g/mol. The Labute approximate surface area is 108 Å². The molecule has 92 valence electrons. The molecule has 0 aliphatic carbocycles. The van der Waals surface area contributed by atoms with E-state index in [9.17, 15) is 9.59 Å². The molecule has 5 heteroatoms. The summed E-state index contributed by atoms with van der Waals surface area (Å²) in [5, 5.41) is 2.56. The monoisotopic (exact) mass is 299 g/mol. The molecule has 1 amide bonds. The second kappa shape index (κ2) is 5.31. The van der Waals surface area contributed by atoms with Crippen LogP contribution in [0.15, 0.2) is 22.7 Å². The zero-order valence-electron chi connectivity index (χ0n) is 9.91. The summed E-state index contributed by atoms with van der Waals surface area (Å²) in [7, 11) is 0. The Morgan fingerprint density at radius 3 is 2.59 bits per heavy atom. The predicted octanol–water partition coefficient (Wildman–Crippen LogP) is 3.61. The molecule has 0 bridgehead atoms. The van der Waals surface area contributed by atoms with Gasteiger partial charge in [-0.1, -0.05) is 15.9 Å². The first-order valence-corrected chi connectivity index (χ1v) is 5.86. The number of anilines is 1. The van der Waals surface area contributed by atoms with E-state index in [-0.39, 0.29) is 0 Å². The largest absolute Gasteiger partial charge is 0.444 e. The van der Waals surface area contributed by atoms with E-state index in [1.807, 2.05) is 0 Å². The van der Waals surface area contributed by atoms with Gasteiger partial charge < -0.3 is 4.74 Å². The van der Waals surface area contributed by atoms with Crippen molar-refractivity contribution >= 4 is 34.0 Å². The van der Waals surface area contributed by atoms with Gasteiger partial charge in [-0.3, -0.25) is 10.1 Å². The molecule has 0 aliphatic rings. The number of benzene rings is 1. The third kappa shape index (κ3) is 4.56. The van der Waals surface area contributed by atoms with E-state index < -0.39 is 11.7 Å². The van der Waals surface area contributed by atoms with Crippen LogP contribution in [-0.4, -0.2) is 18.0 Å². The number of hydrogen-bond donors (Lipinski definition) is 1. The maximum atomic E-state index is 11.5. The molecular formula is C12H14BrNO3. The Kier molecular flexibility index (Phi) is 4.28. The van der Waals surface area contributed by atoms with Crippen molar-refractivity contribution < 1.29 is 14.3 Å². The quantitative estimate of drug-likeness (QED) is 0.849. The van der Waals surface area contributed by atoms with Crippen molar-refractivity contribution in [1.29, 1.82) is 0 Å². The predicted molar refractivity (Wildman–Crippen MR) is 69.4 cm³/mol. The van der Waals surface area contributed by atoms with E-state index in [1.54, 1.807) is 39.0 Å². The van der Waals surface area contributed by atoms with E-state index in [1.165, 1.54) is 0 Å². The fraction of sp³-hybridized carbons (Fsp3) is 0.333. The average molecular weight is 300 g/mol. The zero-order valence-corrected chi connectivity index (χ0v) is 11.5. The standard InChI is InChI=1S/C12H14BrNO3/c1-12(2,3)17-11(16)14-9-4-5-10(13)8(6-9)7-15/h4-7H,1-3H3,(H,14,16). The molecule has 0 radical (unpaired) electrons. The van der Waals surface area contributed by atoms with Crippen LogP contribution in [0, 0.1) is 0 Å². The molecule has 0 aliphatic heterocycles. The molecule has 0 unspecified atom stereocenters. The number of halogens is 1. The summed E-state index contributed by atoms with van der Waals surface area (Å²) in [5.41, 5.74) is 0.440. The van der Waals surface area contributed by atoms with Crippen LogP contribution in [0.1, 0.15) is 31.1 Å². The van der Waals surface area contributed by atoms with E-state index in [0.717, 1.165) is 0 Å². The first-order valence-electron chi connectivity index (χ1n) is 5.06. The molecule has 1 aromatic rings. The van der Waals surface area contributed by atoms with E-state index in [0.29, 0.717) is 22.0 Å². The highest BCUT2D eigenvalue weighted by Gasteiger charge is 2.16. The summed E-state index contributed by atoms with van der Waals surface area (Å²) >= 11 is 3.23. The van der Waals surface area contributed by atoms with Gasteiger partial charge in [-0.2, -0.15) is 0 Å². The van der Waals surface area contributed by atoms with Gasteiger partial charge in [0.15, 0.2) is 6.29 Å². The maximum Gasteiger partial charge on any atom is 0.412 e. The second-order valence-corrected chi connectivity index (χ2v) is 5.34. The number of hydrogen-bond acceptors (Lipinski definition) is 3. The molecule has 0 saturated carbocycles. The normalized spacial score (nSPS) is 10.8. The lowest BCUT2D eigenvalue weighted by Crippen LogP contribution is -2.27. The van der Waals surface area contributed by atoms with Crippen molar-refractivity contribution in [2.24, 2.45) is 0 Å². The van der Waals surface area contributed by atoms with Crippen molar-refractivity contribution in [2.75, 3.05) is 5.32 Å². The van der Waals surface area contributed by atoms with Crippen LogP contribution in [0.4, 0.5) is 10.5 Å². The molecule has 0 spiro atoms. The van der Waals surface area contributed by atoms with Crippen molar-refractivity contribution in [3.8, 4) is 0 Å². The minimum absolute atomic E-state index is 0.471. The summed E-state index contributed by atoms with van der Waals surface area (Å²) in [6, 6.07) is 4.94. The molecule has 0 atom stereocenters. The molecule has 17 heavy (non-hydrogen) atoms. The van der Waals surface area contributed by atoms with Crippen LogP contribution in [0.5, 0.6) is 0 Å². The number of aldehydes is 1. The SMILES string of the molecule is CC(C)(C)OC(=O)Nc1ccc(Br)c(C=O)c1. The summed E-state index contributed by atoms with van der Waals surface area (Å²) < 4.78 is 5.78. The highest BCUT2D eigenvalue weighted by atomic mass is 79.9. The molecule has 4 nitrogen and oxygen atoms in total. The Balaban J connectivity index is 2.75. The van der Waals surface area contributed by atoms with Gasteiger partial charge in [0.05, 0.1) is 0 Å². The minimum atomic E-state index is -0.549. The summed E-state index contributed by atoms with van der Waals surface area (Å²) in [6.45, 7) is 5.35. The average Bonchev–Trinajstić information content (AvgIpc) is 2.18. The topological polar surface area (TPSA) is 55.4 Å². The van der Waals surface area contributed by atoms with Gasteiger partial charge in [-0.05, 0) is 39.0 Å². The molecule has 0 fully saturated rings. The van der Waals surface area contributed by atoms with Gasteiger partial charge in [-0.15, -0.1) is 0 Å².